The molecule has 1 fully saturated rings. The zero-order chi connectivity index (χ0) is 27.9. The maximum Gasteiger partial charge on any atom is 0.301 e. The van der Waals surface area contributed by atoms with Gasteiger partial charge in [0.1, 0.15) is 11.5 Å². The Morgan fingerprint density at radius 3 is 2.31 bits per heavy atom. The number of aromatic nitrogens is 1. The van der Waals surface area contributed by atoms with Gasteiger partial charge in [0.25, 0.3) is 5.78 Å². The molecule has 39 heavy (non-hydrogen) atoms. The molecule has 6 nitrogen and oxygen atoms in total. The molecule has 1 aromatic heterocycles. The third kappa shape index (κ3) is 4.94. The second kappa shape index (κ2) is 10.3. The van der Waals surface area contributed by atoms with Crippen LogP contribution in [0.15, 0.2) is 72.3 Å². The lowest BCUT2D eigenvalue weighted by Gasteiger charge is -2.24. The average molecular weight is 541 g/mol. The van der Waals surface area contributed by atoms with Crippen molar-refractivity contribution in [2.24, 2.45) is 0 Å². The molecule has 0 saturated carbocycles. The molecule has 0 bridgehead atoms. The first-order valence-corrected chi connectivity index (χ1v) is 14.0. The number of carbonyl (C=O) groups excluding carboxylic acids is 2. The highest BCUT2D eigenvalue weighted by atomic mass is 32.1. The lowest BCUT2D eigenvalue weighted by atomic mass is 9.85. The van der Waals surface area contributed by atoms with Crippen molar-refractivity contribution in [2.45, 2.75) is 52.5 Å². The number of amides is 1. The molecule has 2 heterocycles. The first-order valence-electron chi connectivity index (χ1n) is 13.2. The first kappa shape index (κ1) is 26.6. The number of anilines is 1. The van der Waals surface area contributed by atoms with E-state index >= 15 is 0 Å². The average Bonchev–Trinajstić information content (AvgIpc) is 3.46. The summed E-state index contributed by atoms with van der Waals surface area (Å²) in [4.78, 5) is 33.3. The minimum Gasteiger partial charge on any atom is -0.507 e. The molecule has 1 unspecified atom stereocenters. The summed E-state index contributed by atoms with van der Waals surface area (Å²) < 4.78 is 6.46. The van der Waals surface area contributed by atoms with E-state index in [1.807, 2.05) is 43.3 Å². The molecule has 0 spiro atoms. The van der Waals surface area contributed by atoms with Gasteiger partial charge in [0.15, 0.2) is 5.13 Å². The normalized spacial score (nSPS) is 17.3. The second-order valence-electron chi connectivity index (χ2n) is 10.7. The highest BCUT2D eigenvalue weighted by molar-refractivity contribution is 7.22. The minimum absolute atomic E-state index is 0.0428. The number of carbonyl (C=O) groups is 2. The first-order chi connectivity index (χ1) is 18.6. The Morgan fingerprint density at radius 2 is 1.69 bits per heavy atom. The van der Waals surface area contributed by atoms with E-state index in [0.717, 1.165) is 27.8 Å². The molecule has 1 aliphatic rings. The van der Waals surface area contributed by atoms with Crippen LogP contribution in [-0.4, -0.2) is 28.4 Å². The van der Waals surface area contributed by atoms with Crippen molar-refractivity contribution in [3.8, 4) is 5.75 Å². The molecule has 200 valence electrons. The molecule has 1 aliphatic heterocycles. The molecule has 5 rings (SSSR count). The Hall–Kier alpha value is -3.97. The van der Waals surface area contributed by atoms with Gasteiger partial charge >= 0.3 is 5.91 Å². The van der Waals surface area contributed by atoms with E-state index in [-0.39, 0.29) is 16.7 Å². The number of aliphatic hydroxyl groups excluding tert-OH is 1. The summed E-state index contributed by atoms with van der Waals surface area (Å²) in [5, 5.41) is 11.9. The quantitative estimate of drug-likeness (QED) is 0.159. The number of hydrogen-bond acceptors (Lipinski definition) is 6. The number of hydrogen-bond donors (Lipinski definition) is 1. The Bertz CT molecular complexity index is 1580. The molecule has 3 aromatic carbocycles. The van der Waals surface area contributed by atoms with E-state index in [2.05, 4.69) is 33.8 Å². The fraction of sp³-hybridized carbons (Fsp3) is 0.281. The molecule has 1 atom stereocenters. The van der Waals surface area contributed by atoms with Crippen LogP contribution >= 0.6 is 11.3 Å². The number of aryl methyl sites for hydroxylation is 1. The van der Waals surface area contributed by atoms with Crippen molar-refractivity contribution in [1.82, 2.24) is 4.98 Å². The number of fused-ring (bicyclic) bond motifs is 1. The van der Waals surface area contributed by atoms with Crippen molar-refractivity contribution in [3.05, 3.63) is 94.6 Å². The van der Waals surface area contributed by atoms with E-state index in [4.69, 9.17) is 9.72 Å². The number of aliphatic hydroxyl groups is 1. The SMILES string of the molecule is CCOc1ccc(C(O)=C2C(=O)C(=O)N(c3nc4ccc(CC)cc4s3)C2c2ccc(C(C)(C)C)cc2)cc1. The summed E-state index contributed by atoms with van der Waals surface area (Å²) in [6.45, 7) is 10.9. The fourth-order valence-corrected chi connectivity index (χ4v) is 5.88. The number of thiazole rings is 1. The summed E-state index contributed by atoms with van der Waals surface area (Å²) in [6, 6.07) is 20.0. The number of benzene rings is 3. The van der Waals surface area contributed by atoms with Crippen LogP contribution < -0.4 is 9.64 Å². The Balaban J connectivity index is 1.67. The van der Waals surface area contributed by atoms with Gasteiger partial charge in [-0.1, -0.05) is 69.4 Å². The smallest absolute Gasteiger partial charge is 0.301 e. The van der Waals surface area contributed by atoms with Crippen LogP contribution in [0, 0.1) is 0 Å². The summed E-state index contributed by atoms with van der Waals surface area (Å²) in [5.74, 6) is -1.01. The number of ketones is 1. The summed E-state index contributed by atoms with van der Waals surface area (Å²) in [7, 11) is 0. The van der Waals surface area contributed by atoms with Crippen molar-refractivity contribution < 1.29 is 19.4 Å². The van der Waals surface area contributed by atoms with E-state index in [9.17, 15) is 14.7 Å². The molecule has 0 radical (unpaired) electrons. The van der Waals surface area contributed by atoms with Gasteiger partial charge in [-0.3, -0.25) is 14.5 Å². The molecule has 7 heteroatoms. The number of ether oxygens (including phenoxy) is 1. The van der Waals surface area contributed by atoms with Crippen LogP contribution in [0.3, 0.4) is 0 Å². The van der Waals surface area contributed by atoms with Gasteiger partial charge in [-0.2, -0.15) is 0 Å². The van der Waals surface area contributed by atoms with Crippen LogP contribution in [0.5, 0.6) is 5.75 Å². The molecule has 1 N–H and O–H groups in total. The lowest BCUT2D eigenvalue weighted by Crippen LogP contribution is -2.29. The van der Waals surface area contributed by atoms with E-state index in [1.54, 1.807) is 24.3 Å². The van der Waals surface area contributed by atoms with Crippen LogP contribution in [0.2, 0.25) is 0 Å². The zero-order valence-electron chi connectivity index (χ0n) is 22.8. The van der Waals surface area contributed by atoms with Gasteiger partial charge in [-0.25, -0.2) is 4.98 Å². The Kier molecular flexibility index (Phi) is 7.03. The Morgan fingerprint density at radius 1 is 1.00 bits per heavy atom. The third-order valence-corrected chi connectivity index (χ3v) is 8.05. The second-order valence-corrected chi connectivity index (χ2v) is 11.7. The number of Topliss-reactive ketones (excluding diaryl/α,β-unsaturated/α-hetero) is 1. The summed E-state index contributed by atoms with van der Waals surface area (Å²) in [6.07, 6.45) is 0.885. The highest BCUT2D eigenvalue weighted by Crippen LogP contribution is 2.44. The molecular formula is C32H32N2O4S. The zero-order valence-corrected chi connectivity index (χ0v) is 23.6. The highest BCUT2D eigenvalue weighted by Gasteiger charge is 2.48. The molecule has 1 saturated heterocycles. The van der Waals surface area contributed by atoms with Crippen molar-refractivity contribution in [1.29, 1.82) is 0 Å². The number of nitrogens with zero attached hydrogens (tertiary/aromatic N) is 2. The van der Waals surface area contributed by atoms with Crippen LogP contribution in [0.4, 0.5) is 5.13 Å². The maximum atomic E-state index is 13.6. The van der Waals surface area contributed by atoms with Crippen molar-refractivity contribution in [2.75, 3.05) is 11.5 Å². The van der Waals surface area contributed by atoms with Gasteiger partial charge in [0.2, 0.25) is 0 Å². The summed E-state index contributed by atoms with van der Waals surface area (Å²) in [5.41, 5.74) is 4.20. The van der Waals surface area contributed by atoms with Gasteiger partial charge in [0, 0.05) is 5.56 Å². The molecule has 4 aromatic rings. The van der Waals surface area contributed by atoms with Crippen LogP contribution in [0.1, 0.15) is 62.9 Å². The van der Waals surface area contributed by atoms with Crippen molar-refractivity contribution >= 4 is 44.1 Å². The predicted molar refractivity (Wildman–Crippen MR) is 157 cm³/mol. The van der Waals surface area contributed by atoms with Gasteiger partial charge in [-0.15, -0.1) is 0 Å². The van der Waals surface area contributed by atoms with E-state index in [0.29, 0.717) is 23.1 Å². The van der Waals surface area contributed by atoms with E-state index < -0.39 is 17.7 Å². The number of rotatable bonds is 6. The molecular weight excluding hydrogens is 508 g/mol. The van der Waals surface area contributed by atoms with E-state index in [1.165, 1.54) is 21.8 Å². The van der Waals surface area contributed by atoms with Gasteiger partial charge in [-0.05, 0) is 71.8 Å². The van der Waals surface area contributed by atoms with Gasteiger partial charge < -0.3 is 9.84 Å². The van der Waals surface area contributed by atoms with Crippen molar-refractivity contribution in [3.63, 3.8) is 0 Å². The van der Waals surface area contributed by atoms with Gasteiger partial charge in [0.05, 0.1) is 28.4 Å². The summed E-state index contributed by atoms with van der Waals surface area (Å²) >= 11 is 1.37. The molecule has 0 aliphatic carbocycles. The third-order valence-electron chi connectivity index (χ3n) is 7.03. The topological polar surface area (TPSA) is 79.7 Å². The lowest BCUT2D eigenvalue weighted by molar-refractivity contribution is -0.132. The standard InChI is InChI=1S/C32H32N2O4S/c1-6-19-8-17-24-25(18-19)39-31(33-24)34-27(20-9-13-22(14-10-20)32(3,4)5)26(29(36)30(34)37)28(35)21-11-15-23(16-12-21)38-7-2/h8-18,27,35H,6-7H2,1-5H3. The Labute approximate surface area is 232 Å². The monoisotopic (exact) mass is 540 g/mol. The minimum atomic E-state index is -0.822. The van der Waals surface area contributed by atoms with Crippen LogP contribution in [-0.2, 0) is 21.4 Å². The largest absolute Gasteiger partial charge is 0.507 e. The maximum absolute atomic E-state index is 13.6. The predicted octanol–water partition coefficient (Wildman–Crippen LogP) is 7.18. The van der Waals surface area contributed by atoms with Crippen LogP contribution in [0.25, 0.3) is 16.0 Å². The molecule has 1 amide bonds. The fourth-order valence-electron chi connectivity index (χ4n) is 4.82.